The molecule has 150 valence electrons. The first-order valence-corrected chi connectivity index (χ1v) is 9.97. The molecule has 0 aliphatic carbocycles. The average Bonchev–Trinajstić information content (AvgIpc) is 2.71. The van der Waals surface area contributed by atoms with Gasteiger partial charge >= 0.3 is 0 Å². The second kappa shape index (κ2) is 8.49. The highest BCUT2D eigenvalue weighted by molar-refractivity contribution is 5.75. The normalized spacial score (nSPS) is 14.0. The van der Waals surface area contributed by atoms with E-state index in [1.165, 1.54) is 11.1 Å². The molecule has 2 heterocycles. The van der Waals surface area contributed by atoms with Gasteiger partial charge in [-0.05, 0) is 44.5 Å². The maximum Gasteiger partial charge on any atom is 0.229 e. The number of nitrogens with zero attached hydrogens (tertiary/aromatic N) is 3. The molecule has 29 heavy (non-hydrogen) atoms. The van der Waals surface area contributed by atoms with E-state index in [0.29, 0.717) is 5.95 Å². The van der Waals surface area contributed by atoms with Crippen molar-refractivity contribution in [2.24, 2.45) is 0 Å². The number of ether oxygens (including phenoxy) is 1. The van der Waals surface area contributed by atoms with Gasteiger partial charge in [-0.25, -0.2) is 4.98 Å². The lowest BCUT2D eigenvalue weighted by Gasteiger charge is -2.30. The van der Waals surface area contributed by atoms with Gasteiger partial charge in [0.15, 0.2) is 0 Å². The summed E-state index contributed by atoms with van der Waals surface area (Å²) in [5.74, 6) is 1.36. The first kappa shape index (κ1) is 19.2. The Balaban J connectivity index is 1.59. The number of para-hydroxylation sites is 2. The van der Waals surface area contributed by atoms with E-state index in [1.807, 2.05) is 19.1 Å². The van der Waals surface area contributed by atoms with Crippen molar-refractivity contribution in [1.29, 1.82) is 0 Å². The van der Waals surface area contributed by atoms with Crippen molar-refractivity contribution >= 4 is 28.8 Å². The Kier molecular flexibility index (Phi) is 5.62. The van der Waals surface area contributed by atoms with E-state index in [9.17, 15) is 0 Å². The summed E-state index contributed by atoms with van der Waals surface area (Å²) in [4.78, 5) is 11.6. The minimum atomic E-state index is 0.586. The second-order valence-corrected chi connectivity index (χ2v) is 7.40. The summed E-state index contributed by atoms with van der Waals surface area (Å²) >= 11 is 0. The molecule has 0 radical (unpaired) electrons. The molecule has 1 saturated heterocycles. The van der Waals surface area contributed by atoms with Crippen LogP contribution in [0.3, 0.4) is 0 Å². The fourth-order valence-corrected chi connectivity index (χ4v) is 3.56. The fourth-order valence-electron chi connectivity index (χ4n) is 3.56. The molecule has 4 rings (SSSR count). The van der Waals surface area contributed by atoms with Gasteiger partial charge in [0, 0.05) is 30.5 Å². The topological polar surface area (TPSA) is 62.3 Å². The predicted molar refractivity (Wildman–Crippen MR) is 119 cm³/mol. The van der Waals surface area contributed by atoms with E-state index in [2.05, 4.69) is 70.8 Å². The summed E-state index contributed by atoms with van der Waals surface area (Å²) in [6, 6.07) is 16.6. The third-order valence-corrected chi connectivity index (χ3v) is 5.00. The molecule has 2 aromatic carbocycles. The second-order valence-electron chi connectivity index (χ2n) is 7.40. The summed E-state index contributed by atoms with van der Waals surface area (Å²) in [6.07, 6.45) is 0. The van der Waals surface area contributed by atoms with Gasteiger partial charge in [-0.1, -0.05) is 29.8 Å². The lowest BCUT2D eigenvalue weighted by molar-refractivity contribution is 0.123. The van der Waals surface area contributed by atoms with Crippen molar-refractivity contribution in [2.75, 3.05) is 41.8 Å². The van der Waals surface area contributed by atoms with Crippen LogP contribution in [0.25, 0.3) is 0 Å². The number of anilines is 5. The number of morpholine rings is 1. The van der Waals surface area contributed by atoms with Crippen LogP contribution in [0.5, 0.6) is 0 Å². The van der Waals surface area contributed by atoms with Gasteiger partial charge in [-0.2, -0.15) is 4.98 Å². The minimum Gasteiger partial charge on any atom is -0.378 e. The largest absolute Gasteiger partial charge is 0.378 e. The number of benzene rings is 2. The molecule has 1 aliphatic rings. The van der Waals surface area contributed by atoms with Crippen LogP contribution in [0.2, 0.25) is 0 Å². The Hall–Kier alpha value is -3.12. The highest BCUT2D eigenvalue weighted by atomic mass is 16.5. The Morgan fingerprint density at radius 2 is 1.66 bits per heavy atom. The summed E-state index contributed by atoms with van der Waals surface area (Å²) in [5.41, 5.74) is 6.52. The smallest absolute Gasteiger partial charge is 0.229 e. The van der Waals surface area contributed by atoms with Gasteiger partial charge in [-0.15, -0.1) is 0 Å². The molecule has 0 amide bonds. The third kappa shape index (κ3) is 4.66. The van der Waals surface area contributed by atoms with Crippen LogP contribution in [-0.2, 0) is 4.74 Å². The molecule has 6 nitrogen and oxygen atoms in total. The number of nitrogens with one attached hydrogen (secondary N) is 2. The summed E-state index contributed by atoms with van der Waals surface area (Å²) in [7, 11) is 0. The van der Waals surface area contributed by atoms with Gasteiger partial charge in [0.25, 0.3) is 0 Å². The Bertz CT molecular complexity index is 998. The van der Waals surface area contributed by atoms with Crippen LogP contribution < -0.4 is 15.5 Å². The van der Waals surface area contributed by atoms with Crippen LogP contribution in [0, 0.1) is 20.8 Å². The lowest BCUT2D eigenvalue weighted by Crippen LogP contribution is -2.36. The molecule has 0 bridgehead atoms. The molecule has 1 aliphatic heterocycles. The zero-order valence-corrected chi connectivity index (χ0v) is 17.2. The summed E-state index contributed by atoms with van der Waals surface area (Å²) in [6.45, 7) is 9.45. The highest BCUT2D eigenvalue weighted by Crippen LogP contribution is 2.29. The van der Waals surface area contributed by atoms with Crippen molar-refractivity contribution in [3.63, 3.8) is 0 Å². The van der Waals surface area contributed by atoms with Gasteiger partial charge < -0.3 is 20.3 Å². The quantitative estimate of drug-likeness (QED) is 0.658. The monoisotopic (exact) mass is 389 g/mol. The first-order valence-electron chi connectivity index (χ1n) is 9.97. The zero-order chi connectivity index (χ0) is 20.2. The van der Waals surface area contributed by atoms with Crippen molar-refractivity contribution in [3.8, 4) is 0 Å². The molecular formula is C23H27N5O. The van der Waals surface area contributed by atoms with Crippen LogP contribution in [0.1, 0.15) is 16.8 Å². The number of rotatable bonds is 5. The van der Waals surface area contributed by atoms with Crippen molar-refractivity contribution in [1.82, 2.24) is 9.97 Å². The van der Waals surface area contributed by atoms with Gasteiger partial charge in [-0.3, -0.25) is 0 Å². The van der Waals surface area contributed by atoms with Crippen molar-refractivity contribution < 1.29 is 4.74 Å². The summed E-state index contributed by atoms with van der Waals surface area (Å²) in [5, 5.41) is 6.84. The molecule has 2 N–H and O–H groups in total. The first-order chi connectivity index (χ1) is 14.1. The van der Waals surface area contributed by atoms with Crippen molar-refractivity contribution in [3.05, 3.63) is 65.4 Å². The van der Waals surface area contributed by atoms with Gasteiger partial charge in [0.05, 0.1) is 24.6 Å². The number of hydrogen-bond acceptors (Lipinski definition) is 6. The van der Waals surface area contributed by atoms with Crippen LogP contribution in [-0.4, -0.2) is 36.3 Å². The number of hydrogen-bond donors (Lipinski definition) is 2. The lowest BCUT2D eigenvalue weighted by atomic mass is 10.1. The molecule has 0 saturated carbocycles. The molecule has 0 spiro atoms. The molecule has 3 aromatic rings. The summed E-state index contributed by atoms with van der Waals surface area (Å²) < 4.78 is 5.49. The van der Waals surface area contributed by atoms with E-state index in [0.717, 1.165) is 54.9 Å². The van der Waals surface area contributed by atoms with Crippen LogP contribution in [0.15, 0.2) is 48.5 Å². The standard InChI is InChI=1S/C23H27N5O/c1-16-8-9-19(17(2)14-16)26-23-24-18(3)15-22(27-23)25-20-6-4-5-7-21(20)28-10-12-29-13-11-28/h4-9,14-15H,10-13H2,1-3H3,(H2,24,25,26,27). The molecule has 1 aromatic heterocycles. The maximum absolute atomic E-state index is 5.49. The number of aryl methyl sites for hydroxylation is 3. The van der Waals surface area contributed by atoms with Crippen LogP contribution in [0.4, 0.5) is 28.8 Å². The zero-order valence-electron chi connectivity index (χ0n) is 17.2. The number of aromatic nitrogens is 2. The maximum atomic E-state index is 5.49. The predicted octanol–water partition coefficient (Wildman–Crippen LogP) is 4.73. The Labute approximate surface area is 172 Å². The molecule has 6 heteroatoms. The van der Waals surface area contributed by atoms with E-state index >= 15 is 0 Å². The van der Waals surface area contributed by atoms with E-state index in [-0.39, 0.29) is 0 Å². The molecular weight excluding hydrogens is 362 g/mol. The Morgan fingerprint density at radius 1 is 0.862 bits per heavy atom. The molecule has 1 fully saturated rings. The fraction of sp³-hybridized carbons (Fsp3) is 0.304. The molecule has 0 unspecified atom stereocenters. The van der Waals surface area contributed by atoms with E-state index in [4.69, 9.17) is 9.72 Å². The minimum absolute atomic E-state index is 0.586. The van der Waals surface area contributed by atoms with E-state index in [1.54, 1.807) is 0 Å². The average molecular weight is 390 g/mol. The highest BCUT2D eigenvalue weighted by Gasteiger charge is 2.15. The van der Waals surface area contributed by atoms with Crippen LogP contribution >= 0.6 is 0 Å². The van der Waals surface area contributed by atoms with Crippen molar-refractivity contribution in [2.45, 2.75) is 20.8 Å². The molecule has 0 atom stereocenters. The SMILES string of the molecule is Cc1ccc(Nc2nc(C)cc(Nc3ccccc3N3CCOCC3)n2)c(C)c1. The van der Waals surface area contributed by atoms with E-state index < -0.39 is 0 Å². The Morgan fingerprint density at radius 3 is 2.45 bits per heavy atom. The van der Waals surface area contributed by atoms with Gasteiger partial charge in [0.2, 0.25) is 5.95 Å². The third-order valence-electron chi connectivity index (χ3n) is 5.00. The van der Waals surface area contributed by atoms with Gasteiger partial charge in [0.1, 0.15) is 5.82 Å².